The summed E-state index contributed by atoms with van der Waals surface area (Å²) in [6.45, 7) is 8.53. The molecule has 10 nitrogen and oxygen atoms in total. The minimum Gasteiger partial charge on any atom is -0.481 e. The molecule has 4 rings (SSSR count). The maximum absolute atomic E-state index is 11.9. The molecule has 0 radical (unpaired) electrons. The Bertz CT molecular complexity index is 852. The topological polar surface area (TPSA) is 157 Å². The van der Waals surface area contributed by atoms with Crippen LogP contribution in [0.2, 0.25) is 0 Å². The van der Waals surface area contributed by atoms with E-state index in [0.29, 0.717) is 47.3 Å². The van der Waals surface area contributed by atoms with Crippen LogP contribution in [0.15, 0.2) is 0 Å². The average Bonchev–Trinajstić information content (AvgIpc) is 3.54. The number of aliphatic carboxylic acids is 1. The lowest BCUT2D eigenvalue weighted by Crippen LogP contribution is -2.31. The summed E-state index contributed by atoms with van der Waals surface area (Å²) in [4.78, 5) is 51.1. The highest BCUT2D eigenvalue weighted by Gasteiger charge is 2.52. The van der Waals surface area contributed by atoms with Crippen molar-refractivity contribution in [1.82, 2.24) is 0 Å². The van der Waals surface area contributed by atoms with Gasteiger partial charge in [0.2, 0.25) is 0 Å². The molecule has 0 aromatic carbocycles. The summed E-state index contributed by atoms with van der Waals surface area (Å²) in [5.41, 5.74) is 0. The fourth-order valence-electron chi connectivity index (χ4n) is 7.17. The highest BCUT2D eigenvalue weighted by atomic mass is 31.2. The van der Waals surface area contributed by atoms with Gasteiger partial charge in [0.15, 0.2) is 0 Å². The van der Waals surface area contributed by atoms with Crippen LogP contribution in [0.5, 0.6) is 0 Å². The van der Waals surface area contributed by atoms with Crippen LogP contribution in [0.25, 0.3) is 0 Å². The first-order chi connectivity index (χ1) is 16.8. The van der Waals surface area contributed by atoms with Gasteiger partial charge in [-0.25, -0.2) is 4.57 Å². The third-order valence-corrected chi connectivity index (χ3v) is 10.1. The van der Waals surface area contributed by atoms with Crippen molar-refractivity contribution in [2.75, 3.05) is 19.8 Å². The summed E-state index contributed by atoms with van der Waals surface area (Å²) in [5, 5.41) is 8.48. The highest BCUT2D eigenvalue weighted by molar-refractivity contribution is 7.46. The van der Waals surface area contributed by atoms with Crippen molar-refractivity contribution in [2.45, 2.75) is 59.8 Å². The number of phosphoric ester groups is 1. The molecule has 4 aliphatic carbocycles. The summed E-state index contributed by atoms with van der Waals surface area (Å²) in [5.74, 6) is 3.25. The van der Waals surface area contributed by atoms with E-state index in [4.69, 9.17) is 24.4 Å². The highest BCUT2D eigenvalue weighted by Crippen LogP contribution is 2.56. The van der Waals surface area contributed by atoms with Gasteiger partial charge in [0.25, 0.3) is 0 Å². The van der Waals surface area contributed by atoms with Gasteiger partial charge in [-0.1, -0.05) is 27.7 Å². The molecule has 0 saturated heterocycles. The number of carbonyl (C=O) groups is 3. The molecule has 4 bridgehead atoms. The number of hydrogen-bond donors (Lipinski definition) is 3. The van der Waals surface area contributed by atoms with Crippen molar-refractivity contribution in [2.24, 2.45) is 59.2 Å². The van der Waals surface area contributed by atoms with Crippen molar-refractivity contribution < 1.29 is 47.8 Å². The van der Waals surface area contributed by atoms with Gasteiger partial charge in [-0.3, -0.25) is 18.9 Å². The minimum atomic E-state index is -4.47. The summed E-state index contributed by atoms with van der Waals surface area (Å²) in [6, 6.07) is 0. The van der Waals surface area contributed by atoms with Gasteiger partial charge in [0.1, 0.15) is 13.2 Å². The first-order valence-corrected chi connectivity index (χ1v) is 14.6. The van der Waals surface area contributed by atoms with Crippen molar-refractivity contribution in [1.29, 1.82) is 0 Å². The van der Waals surface area contributed by atoms with E-state index in [2.05, 4.69) is 32.2 Å². The third kappa shape index (κ3) is 6.88. The van der Waals surface area contributed by atoms with Gasteiger partial charge in [-0.2, -0.15) is 0 Å². The van der Waals surface area contributed by atoms with Crippen LogP contribution in [0.1, 0.15) is 59.8 Å². The molecule has 0 amide bonds. The molecule has 0 aliphatic heterocycles. The Morgan fingerprint density at radius 3 is 1.53 bits per heavy atom. The van der Waals surface area contributed by atoms with Gasteiger partial charge in [-0.15, -0.1) is 0 Å². The number of carboxylic acid groups (broad SMARTS) is 1. The number of ether oxygens (including phenoxy) is 2. The van der Waals surface area contributed by atoms with E-state index in [1.165, 1.54) is 0 Å². The van der Waals surface area contributed by atoms with E-state index < -0.39 is 13.8 Å². The van der Waals surface area contributed by atoms with Crippen LogP contribution in [0.3, 0.4) is 0 Å². The van der Waals surface area contributed by atoms with E-state index in [1.807, 2.05) is 0 Å². The van der Waals surface area contributed by atoms with Gasteiger partial charge < -0.3 is 24.4 Å². The predicted molar refractivity (Wildman–Crippen MR) is 128 cm³/mol. The third-order valence-electron chi connectivity index (χ3n) is 9.55. The van der Waals surface area contributed by atoms with Crippen molar-refractivity contribution in [3.63, 3.8) is 0 Å². The largest absolute Gasteiger partial charge is 0.481 e. The number of rotatable bonds is 9. The summed E-state index contributed by atoms with van der Waals surface area (Å²) < 4.78 is 24.8. The Balaban J connectivity index is 0.000000202. The molecule has 10 unspecified atom stereocenters. The predicted octanol–water partition coefficient (Wildman–Crippen LogP) is 3.50. The molecule has 36 heavy (non-hydrogen) atoms. The molecule has 0 aromatic heterocycles. The zero-order valence-electron chi connectivity index (χ0n) is 21.6. The van der Waals surface area contributed by atoms with Crippen molar-refractivity contribution in [3.8, 4) is 0 Å². The number of fused-ring (bicyclic) bond motifs is 4. The number of carboxylic acids is 1. The second-order valence-corrected chi connectivity index (χ2v) is 12.5. The fraction of sp³-hybridized carbons (Fsp3) is 0.880. The molecule has 4 saturated carbocycles. The van der Waals surface area contributed by atoms with E-state index in [-0.39, 0.29) is 50.0 Å². The molecule has 0 heterocycles. The molecule has 206 valence electrons. The molecule has 4 aliphatic rings. The first-order valence-electron chi connectivity index (χ1n) is 13.0. The maximum Gasteiger partial charge on any atom is 0.469 e. The first kappa shape index (κ1) is 29.1. The van der Waals surface area contributed by atoms with Gasteiger partial charge in [0.05, 0.1) is 24.9 Å². The van der Waals surface area contributed by atoms with Crippen LogP contribution in [-0.4, -0.2) is 52.6 Å². The normalized spacial score (nSPS) is 38.4. The Morgan fingerprint density at radius 1 is 0.722 bits per heavy atom. The Morgan fingerprint density at radius 2 is 1.17 bits per heavy atom. The van der Waals surface area contributed by atoms with Crippen LogP contribution >= 0.6 is 7.82 Å². The van der Waals surface area contributed by atoms with Crippen LogP contribution in [0.4, 0.5) is 0 Å². The second-order valence-electron chi connectivity index (χ2n) is 11.2. The Hall–Kier alpha value is -1.48. The number of phosphoric acid groups is 1. The smallest absolute Gasteiger partial charge is 0.469 e. The lowest BCUT2D eigenvalue weighted by atomic mass is 9.76. The number of hydrogen-bond acceptors (Lipinski definition) is 7. The molecule has 0 aromatic rings. The minimum absolute atomic E-state index is 0.00594. The SMILES string of the molecule is CC1C2CC(C(=O)OCCC(=O)O)C(C2)C1C.CC1C2CC(C(=O)OCCOP(=O)(O)O)C(C2)C1C. The second kappa shape index (κ2) is 11.9. The maximum atomic E-state index is 11.9. The molecule has 10 atom stereocenters. The molecule has 4 fully saturated rings. The lowest BCUT2D eigenvalue weighted by Gasteiger charge is -2.30. The zero-order chi connectivity index (χ0) is 26.8. The van der Waals surface area contributed by atoms with Crippen LogP contribution < -0.4 is 0 Å². The Labute approximate surface area is 212 Å². The van der Waals surface area contributed by atoms with Gasteiger partial charge >= 0.3 is 25.7 Å². The van der Waals surface area contributed by atoms with Crippen molar-refractivity contribution >= 4 is 25.7 Å². The summed E-state index contributed by atoms with van der Waals surface area (Å²) >= 11 is 0. The summed E-state index contributed by atoms with van der Waals surface area (Å²) in [6.07, 6.45) is 3.96. The van der Waals surface area contributed by atoms with E-state index in [9.17, 15) is 18.9 Å². The monoisotopic (exact) mass is 532 g/mol. The molecule has 0 spiro atoms. The van der Waals surface area contributed by atoms with E-state index in [0.717, 1.165) is 25.7 Å². The average molecular weight is 533 g/mol. The molecular weight excluding hydrogens is 491 g/mol. The van der Waals surface area contributed by atoms with E-state index >= 15 is 0 Å². The van der Waals surface area contributed by atoms with E-state index in [1.54, 1.807) is 0 Å². The van der Waals surface area contributed by atoms with Gasteiger partial charge in [0, 0.05) is 0 Å². The standard InChI is InChI=1S/C13H20O4.C12H21O6P/c1-7-8(2)10-5-9(7)6-11(10)13(16)17-4-3-12(14)15;1-7-8(2)10-5-9(7)6-11(10)12(13)17-3-4-18-19(14,15)16/h7-11H,3-6H2,1-2H3,(H,14,15);7-11H,3-6H2,1-2H3,(H2,14,15,16). The molecule has 11 heteroatoms. The fourth-order valence-corrected chi connectivity index (χ4v) is 7.49. The van der Waals surface area contributed by atoms with Crippen LogP contribution in [0, 0.1) is 59.2 Å². The quantitative estimate of drug-likeness (QED) is 0.228. The van der Waals surface area contributed by atoms with Gasteiger partial charge in [-0.05, 0) is 73.0 Å². The Kier molecular flexibility index (Phi) is 9.63. The number of esters is 2. The van der Waals surface area contributed by atoms with Crippen LogP contribution in [-0.2, 0) is 32.9 Å². The lowest BCUT2D eigenvalue weighted by molar-refractivity contribution is -0.153. The number of carbonyl (C=O) groups excluding carboxylic acids is 2. The summed E-state index contributed by atoms with van der Waals surface area (Å²) in [7, 11) is -4.47. The zero-order valence-corrected chi connectivity index (χ0v) is 22.5. The molecule has 3 N–H and O–H groups in total. The molecular formula is C25H41O10P. The van der Waals surface area contributed by atoms with Crippen molar-refractivity contribution in [3.05, 3.63) is 0 Å².